The van der Waals surface area contributed by atoms with Gasteiger partial charge in [-0.1, -0.05) is 35.5 Å². The van der Waals surface area contributed by atoms with E-state index in [9.17, 15) is 0 Å². The Morgan fingerprint density at radius 2 is 1.83 bits per heavy atom. The second-order valence-electron chi connectivity index (χ2n) is 7.11. The maximum atomic E-state index is 4.79. The van der Waals surface area contributed by atoms with Gasteiger partial charge in [0.2, 0.25) is 0 Å². The number of benzene rings is 2. The van der Waals surface area contributed by atoms with E-state index in [1.54, 1.807) is 23.1 Å². The van der Waals surface area contributed by atoms with E-state index in [4.69, 9.17) is 4.98 Å². The molecule has 148 valence electrons. The molecule has 0 aliphatic rings. The summed E-state index contributed by atoms with van der Waals surface area (Å²) in [7, 11) is 6.08. The minimum absolute atomic E-state index is 0.772. The maximum absolute atomic E-state index is 4.79. The van der Waals surface area contributed by atoms with Crippen LogP contribution in [0.5, 0.6) is 0 Å². The highest BCUT2D eigenvalue weighted by molar-refractivity contribution is 7.98. The number of thioether (sulfide) groups is 1. The standard InChI is InChI=1S/C22H23N5S2/c1-15-6-5-7-17(12-15)21-23-18(13-28-21)14-29-22-25-24-20(27(22)4)16-8-10-19(11-9-16)26(2)3/h5-13H,14H2,1-4H3. The first-order chi connectivity index (χ1) is 14.0. The fraction of sp³-hybridized carbons (Fsp3) is 0.227. The fourth-order valence-corrected chi connectivity index (χ4v) is 4.75. The van der Waals surface area contributed by atoms with Gasteiger partial charge in [0.05, 0.1) is 5.69 Å². The fourth-order valence-electron chi connectivity index (χ4n) is 3.02. The summed E-state index contributed by atoms with van der Waals surface area (Å²) in [4.78, 5) is 6.88. The lowest BCUT2D eigenvalue weighted by molar-refractivity contribution is 0.793. The molecule has 0 radical (unpaired) electrons. The van der Waals surface area contributed by atoms with Crippen molar-refractivity contribution in [3.05, 3.63) is 65.2 Å². The molecule has 0 spiro atoms. The van der Waals surface area contributed by atoms with Crippen LogP contribution in [0.25, 0.3) is 22.0 Å². The molecule has 4 aromatic rings. The smallest absolute Gasteiger partial charge is 0.191 e. The lowest BCUT2D eigenvalue weighted by atomic mass is 10.1. The Morgan fingerprint density at radius 3 is 2.55 bits per heavy atom. The first kappa shape index (κ1) is 19.7. The second kappa shape index (κ2) is 8.39. The van der Waals surface area contributed by atoms with Crippen LogP contribution in [0, 0.1) is 6.92 Å². The number of nitrogens with zero attached hydrogens (tertiary/aromatic N) is 5. The number of hydrogen-bond donors (Lipinski definition) is 0. The molecule has 4 rings (SSSR count). The number of thiazole rings is 1. The van der Waals surface area contributed by atoms with Crippen LogP contribution in [-0.4, -0.2) is 33.8 Å². The van der Waals surface area contributed by atoms with Gasteiger partial charge in [-0.25, -0.2) is 4.98 Å². The van der Waals surface area contributed by atoms with Crippen LogP contribution >= 0.6 is 23.1 Å². The molecule has 0 unspecified atom stereocenters. The molecule has 0 aliphatic carbocycles. The monoisotopic (exact) mass is 421 g/mol. The van der Waals surface area contributed by atoms with Crippen LogP contribution < -0.4 is 4.90 Å². The van der Waals surface area contributed by atoms with E-state index in [-0.39, 0.29) is 0 Å². The van der Waals surface area contributed by atoms with Crippen molar-refractivity contribution in [2.45, 2.75) is 17.8 Å². The van der Waals surface area contributed by atoms with Gasteiger partial charge < -0.3 is 9.47 Å². The van der Waals surface area contributed by atoms with Gasteiger partial charge in [0.1, 0.15) is 5.01 Å². The minimum atomic E-state index is 0.772. The van der Waals surface area contributed by atoms with Crippen molar-refractivity contribution in [2.24, 2.45) is 7.05 Å². The van der Waals surface area contributed by atoms with Crippen molar-refractivity contribution in [1.29, 1.82) is 0 Å². The molecule has 0 saturated heterocycles. The third-order valence-electron chi connectivity index (χ3n) is 4.64. The second-order valence-corrected chi connectivity index (χ2v) is 8.91. The number of rotatable bonds is 6. The first-order valence-corrected chi connectivity index (χ1v) is 11.2. The summed E-state index contributed by atoms with van der Waals surface area (Å²) in [6, 6.07) is 16.8. The number of anilines is 1. The molecule has 0 N–H and O–H groups in total. The summed E-state index contributed by atoms with van der Waals surface area (Å²) in [5.74, 6) is 1.64. The molecule has 0 saturated carbocycles. The Labute approximate surface area is 179 Å². The zero-order chi connectivity index (χ0) is 20.4. The molecule has 5 nitrogen and oxygen atoms in total. The molecule has 0 fully saturated rings. The Morgan fingerprint density at radius 1 is 1.03 bits per heavy atom. The van der Waals surface area contributed by atoms with E-state index in [1.165, 1.54) is 16.8 Å². The molecule has 0 aliphatic heterocycles. The van der Waals surface area contributed by atoms with Crippen LogP contribution in [0.4, 0.5) is 5.69 Å². The molecule has 2 aromatic carbocycles. The van der Waals surface area contributed by atoms with Gasteiger partial charge in [-0.05, 0) is 37.3 Å². The molecular weight excluding hydrogens is 398 g/mol. The predicted octanol–water partition coefficient (Wildman–Crippen LogP) is 5.27. The van der Waals surface area contributed by atoms with Gasteiger partial charge >= 0.3 is 0 Å². The van der Waals surface area contributed by atoms with E-state index >= 15 is 0 Å². The molecule has 0 amide bonds. The van der Waals surface area contributed by atoms with Crippen LogP contribution in [0.15, 0.2) is 59.1 Å². The lowest BCUT2D eigenvalue weighted by Gasteiger charge is -2.12. The first-order valence-electron chi connectivity index (χ1n) is 9.32. The third kappa shape index (κ3) is 4.36. The number of aryl methyl sites for hydroxylation is 1. The van der Waals surface area contributed by atoms with Crippen molar-refractivity contribution in [2.75, 3.05) is 19.0 Å². The van der Waals surface area contributed by atoms with Crippen LogP contribution in [0.3, 0.4) is 0 Å². The van der Waals surface area contributed by atoms with E-state index in [0.717, 1.165) is 33.0 Å². The molecular formula is C22H23N5S2. The summed E-state index contributed by atoms with van der Waals surface area (Å²) < 4.78 is 2.04. The SMILES string of the molecule is Cc1cccc(-c2nc(CSc3nnc(-c4ccc(N(C)C)cc4)n3C)cs2)c1. The van der Waals surface area contributed by atoms with Gasteiger partial charge in [0.25, 0.3) is 0 Å². The number of aromatic nitrogens is 4. The van der Waals surface area contributed by atoms with Crippen LogP contribution in [-0.2, 0) is 12.8 Å². The van der Waals surface area contributed by atoms with Crippen molar-refractivity contribution < 1.29 is 0 Å². The average molecular weight is 422 g/mol. The van der Waals surface area contributed by atoms with Gasteiger partial charge in [0, 0.05) is 49.1 Å². The van der Waals surface area contributed by atoms with Crippen molar-refractivity contribution >= 4 is 28.8 Å². The topological polar surface area (TPSA) is 46.8 Å². The van der Waals surface area contributed by atoms with E-state index in [0.29, 0.717) is 0 Å². The minimum Gasteiger partial charge on any atom is -0.378 e. The third-order valence-corrected chi connectivity index (χ3v) is 6.64. The van der Waals surface area contributed by atoms with Crippen LogP contribution in [0.1, 0.15) is 11.3 Å². The van der Waals surface area contributed by atoms with Gasteiger partial charge in [-0.15, -0.1) is 21.5 Å². The summed E-state index contributed by atoms with van der Waals surface area (Å²) in [5.41, 5.74) is 5.72. The van der Waals surface area contributed by atoms with Gasteiger partial charge in [0.15, 0.2) is 11.0 Å². The largest absolute Gasteiger partial charge is 0.378 e. The molecule has 0 atom stereocenters. The van der Waals surface area contributed by atoms with Crippen molar-refractivity contribution in [3.63, 3.8) is 0 Å². The highest BCUT2D eigenvalue weighted by Crippen LogP contribution is 2.29. The zero-order valence-corrected chi connectivity index (χ0v) is 18.6. The molecule has 2 aromatic heterocycles. The zero-order valence-electron chi connectivity index (χ0n) is 17.0. The van der Waals surface area contributed by atoms with Crippen LogP contribution in [0.2, 0.25) is 0 Å². The Hall–Kier alpha value is -2.64. The van der Waals surface area contributed by atoms with Gasteiger partial charge in [-0.2, -0.15) is 0 Å². The predicted molar refractivity (Wildman–Crippen MR) is 123 cm³/mol. The van der Waals surface area contributed by atoms with Crippen molar-refractivity contribution in [1.82, 2.24) is 19.7 Å². The van der Waals surface area contributed by atoms with E-state index in [1.807, 2.05) is 25.7 Å². The molecule has 29 heavy (non-hydrogen) atoms. The van der Waals surface area contributed by atoms with Crippen molar-refractivity contribution in [3.8, 4) is 22.0 Å². The molecule has 7 heteroatoms. The highest BCUT2D eigenvalue weighted by Gasteiger charge is 2.13. The highest BCUT2D eigenvalue weighted by atomic mass is 32.2. The van der Waals surface area contributed by atoms with E-state index < -0.39 is 0 Å². The quantitative estimate of drug-likeness (QED) is 0.397. The Kier molecular flexibility index (Phi) is 5.69. The molecule has 2 heterocycles. The maximum Gasteiger partial charge on any atom is 0.191 e. The van der Waals surface area contributed by atoms with Gasteiger partial charge in [-0.3, -0.25) is 0 Å². The summed E-state index contributed by atoms with van der Waals surface area (Å²) >= 11 is 3.35. The lowest BCUT2D eigenvalue weighted by Crippen LogP contribution is -2.08. The number of hydrogen-bond acceptors (Lipinski definition) is 6. The van der Waals surface area contributed by atoms with E-state index in [2.05, 4.69) is 75.9 Å². The molecule has 0 bridgehead atoms. The summed E-state index contributed by atoms with van der Waals surface area (Å²) in [5, 5.41) is 12.9. The summed E-state index contributed by atoms with van der Waals surface area (Å²) in [6.07, 6.45) is 0. The average Bonchev–Trinajstić information content (AvgIpc) is 3.33. The Bertz CT molecular complexity index is 1110. The normalized spacial score (nSPS) is 11.0. The Balaban J connectivity index is 1.46. The summed E-state index contributed by atoms with van der Waals surface area (Å²) in [6.45, 7) is 2.10.